The molecule has 0 aliphatic rings. The van der Waals surface area contributed by atoms with E-state index >= 15 is 0 Å². The fourth-order valence-electron chi connectivity index (χ4n) is 1.31. The molecule has 0 bridgehead atoms. The summed E-state index contributed by atoms with van der Waals surface area (Å²) in [6.07, 6.45) is 0. The molecule has 23 heavy (non-hydrogen) atoms. The molecular weight excluding hydrogens is 411 g/mol. The molecule has 0 heterocycles. The van der Waals surface area contributed by atoms with Gasteiger partial charge in [0.15, 0.2) is 28.2 Å². The third kappa shape index (κ3) is 2.32. The van der Waals surface area contributed by atoms with E-state index in [1.54, 1.807) is 0 Å². The first-order valence-electron chi connectivity index (χ1n) is 4.67. The first-order valence-corrected chi connectivity index (χ1v) is 7.09. The van der Waals surface area contributed by atoms with Crippen LogP contribution in [0.3, 0.4) is 0 Å². The van der Waals surface area contributed by atoms with Gasteiger partial charge >= 0.3 is 10.6 Å². The number of benzene rings is 1. The Morgan fingerprint density at radius 1 is 0.609 bits per heavy atom. The predicted octanol–water partition coefficient (Wildman–Crippen LogP) is 6.58. The molecule has 0 spiro atoms. The Labute approximate surface area is 122 Å². The van der Waals surface area contributed by atoms with E-state index < -0.39 is 54.5 Å². The minimum atomic E-state index is -12.2. The van der Waals surface area contributed by atoms with E-state index in [4.69, 9.17) is 0 Å². The van der Waals surface area contributed by atoms with Crippen LogP contribution in [0, 0.1) is 29.1 Å². The molecule has 136 valence electrons. The number of hydrogen-bond donors (Lipinski definition) is 0. The van der Waals surface area contributed by atoms with Crippen LogP contribution in [0.1, 0.15) is 0 Å². The Balaban J connectivity index is 4.17. The maximum Gasteiger partial charge on any atom is 0.434 e. The summed E-state index contributed by atoms with van der Waals surface area (Å²) < 4.78 is 168. The van der Waals surface area contributed by atoms with Gasteiger partial charge in [-0.3, -0.25) is 0 Å². The average Bonchev–Trinajstić information content (AvgIpc) is 2.30. The lowest BCUT2D eigenvalue weighted by molar-refractivity contribution is -0.114. The quantitative estimate of drug-likeness (QED) is 0.228. The SMILES string of the molecule is Fc1c(F)c(F)c(S(F)(F)(F)(F)C(F)(F)C(F)(F)Cl)c(F)c1F. The van der Waals surface area contributed by atoms with Crippen molar-refractivity contribution in [3.05, 3.63) is 29.1 Å². The van der Waals surface area contributed by atoms with Crippen LogP contribution >= 0.6 is 21.4 Å². The van der Waals surface area contributed by atoms with Crippen molar-refractivity contribution < 1.29 is 55.1 Å². The zero-order valence-electron chi connectivity index (χ0n) is 9.70. The largest absolute Gasteiger partial charge is 0.434 e. The van der Waals surface area contributed by atoms with Crippen LogP contribution in [0.2, 0.25) is 0 Å². The van der Waals surface area contributed by atoms with Crippen LogP contribution in [-0.2, 0) is 0 Å². The maximum atomic E-state index is 13.4. The highest BCUT2D eigenvalue weighted by Gasteiger charge is 2.92. The smallest absolute Gasteiger partial charge is 0.202 e. The van der Waals surface area contributed by atoms with Crippen LogP contribution in [0.25, 0.3) is 0 Å². The van der Waals surface area contributed by atoms with Gasteiger partial charge in [-0.25, -0.2) is 22.0 Å². The molecule has 0 nitrogen and oxygen atoms in total. The Morgan fingerprint density at radius 2 is 0.870 bits per heavy atom. The molecule has 0 saturated heterocycles. The molecule has 0 N–H and O–H groups in total. The average molecular weight is 411 g/mol. The molecule has 0 aliphatic heterocycles. The van der Waals surface area contributed by atoms with Gasteiger partial charge in [-0.2, -0.15) is 17.6 Å². The van der Waals surface area contributed by atoms with Crippen molar-refractivity contribution >= 4 is 21.4 Å². The van der Waals surface area contributed by atoms with E-state index in [-0.39, 0.29) is 0 Å². The minimum absolute atomic E-state index is 3.25. The van der Waals surface area contributed by atoms with E-state index in [2.05, 4.69) is 11.6 Å². The van der Waals surface area contributed by atoms with Gasteiger partial charge in [-0.05, 0) is 11.6 Å². The van der Waals surface area contributed by atoms with Crippen molar-refractivity contribution in [1.82, 2.24) is 0 Å². The molecule has 0 radical (unpaired) electrons. The Hall–Kier alpha value is -1.05. The molecule has 0 unspecified atom stereocenters. The van der Waals surface area contributed by atoms with Crippen molar-refractivity contribution in [3.8, 4) is 0 Å². The Morgan fingerprint density at radius 3 is 1.13 bits per heavy atom. The van der Waals surface area contributed by atoms with E-state index in [1.165, 1.54) is 0 Å². The second kappa shape index (κ2) is 4.32. The standard InChI is InChI=1S/C8ClF13S/c9-7(15,16)8(17,18)23(19,20,21,22)6-4(13)2(11)1(10)3(12)5(6)14. The van der Waals surface area contributed by atoms with Crippen LogP contribution in [-0.4, -0.2) is 10.6 Å². The van der Waals surface area contributed by atoms with E-state index in [0.29, 0.717) is 0 Å². The molecule has 1 rings (SSSR count). The summed E-state index contributed by atoms with van der Waals surface area (Å²) in [5, 5.41) is -14.8. The second-order valence-corrected chi connectivity index (χ2v) is 7.52. The molecule has 1 aromatic carbocycles. The van der Waals surface area contributed by atoms with E-state index in [9.17, 15) is 55.1 Å². The van der Waals surface area contributed by atoms with Crippen molar-refractivity contribution in [1.29, 1.82) is 0 Å². The lowest BCUT2D eigenvalue weighted by Gasteiger charge is -2.54. The third-order valence-corrected chi connectivity index (χ3v) is 5.24. The monoisotopic (exact) mass is 410 g/mol. The summed E-state index contributed by atoms with van der Waals surface area (Å²) in [5.74, 6) is -18.4. The maximum absolute atomic E-state index is 13.4. The summed E-state index contributed by atoms with van der Waals surface area (Å²) in [6, 6.07) is 0. The van der Waals surface area contributed by atoms with Crippen molar-refractivity contribution in [3.63, 3.8) is 0 Å². The lowest BCUT2D eigenvalue weighted by atomic mass is 10.3. The highest BCUT2D eigenvalue weighted by Crippen LogP contribution is 3.08. The van der Waals surface area contributed by atoms with Crippen LogP contribution in [0.15, 0.2) is 4.90 Å². The highest BCUT2D eigenvalue weighted by atomic mass is 35.5. The molecule has 0 aliphatic carbocycles. The van der Waals surface area contributed by atoms with Gasteiger partial charge in [0.25, 0.3) is 9.84 Å². The van der Waals surface area contributed by atoms with Gasteiger partial charge in [0.05, 0.1) is 0 Å². The van der Waals surface area contributed by atoms with Crippen LogP contribution in [0.5, 0.6) is 0 Å². The summed E-state index contributed by atoms with van der Waals surface area (Å²) >= 11 is 3.43. The van der Waals surface area contributed by atoms with Gasteiger partial charge in [0, 0.05) is 0 Å². The molecule has 0 amide bonds. The van der Waals surface area contributed by atoms with Crippen molar-refractivity contribution in [2.75, 3.05) is 0 Å². The molecule has 1 aromatic rings. The summed E-state index contributed by atoms with van der Waals surface area (Å²) in [4.78, 5) is -4.66. The van der Waals surface area contributed by atoms with Gasteiger partial charge in [-0.1, -0.05) is 0 Å². The van der Waals surface area contributed by atoms with Crippen LogP contribution in [0.4, 0.5) is 55.1 Å². The number of alkyl halides is 5. The lowest BCUT2D eigenvalue weighted by Crippen LogP contribution is -2.49. The molecule has 15 heteroatoms. The highest BCUT2D eigenvalue weighted by molar-refractivity contribution is 8.50. The summed E-state index contributed by atoms with van der Waals surface area (Å²) in [5.41, 5.74) is 0. The predicted molar refractivity (Wildman–Crippen MR) is 52.3 cm³/mol. The summed E-state index contributed by atoms with van der Waals surface area (Å²) in [7, 11) is -12.2. The van der Waals surface area contributed by atoms with E-state index in [0.717, 1.165) is 0 Å². The molecule has 0 fully saturated rings. The first kappa shape index (κ1) is 20.0. The summed E-state index contributed by atoms with van der Waals surface area (Å²) in [6.45, 7) is 0. The third-order valence-electron chi connectivity index (χ3n) is 2.43. The fourth-order valence-corrected chi connectivity index (χ4v) is 3.39. The topological polar surface area (TPSA) is 0 Å². The van der Waals surface area contributed by atoms with Gasteiger partial charge in [-0.15, -0.1) is 15.5 Å². The van der Waals surface area contributed by atoms with E-state index in [1.807, 2.05) is 0 Å². The first-order chi connectivity index (χ1) is 9.71. The van der Waals surface area contributed by atoms with Gasteiger partial charge in [0.1, 0.15) is 0 Å². The minimum Gasteiger partial charge on any atom is -0.202 e. The molecular formula is C8ClF13S. The Bertz CT molecular complexity index is 654. The fraction of sp³-hybridized carbons (Fsp3) is 0.250. The number of halogens is 14. The Kier molecular flexibility index (Phi) is 3.75. The van der Waals surface area contributed by atoms with Crippen LogP contribution < -0.4 is 0 Å². The van der Waals surface area contributed by atoms with Crippen molar-refractivity contribution in [2.45, 2.75) is 15.5 Å². The van der Waals surface area contributed by atoms with Crippen molar-refractivity contribution in [2.24, 2.45) is 0 Å². The molecule has 0 aromatic heterocycles. The zero-order valence-corrected chi connectivity index (χ0v) is 11.3. The van der Waals surface area contributed by atoms with Gasteiger partial charge in [0.2, 0.25) is 5.82 Å². The van der Waals surface area contributed by atoms with Gasteiger partial charge < -0.3 is 0 Å². The zero-order chi connectivity index (χ0) is 18.9. The number of rotatable bonds is 3. The molecule has 0 saturated carbocycles. The number of hydrogen-bond acceptors (Lipinski definition) is 0. The second-order valence-electron chi connectivity index (χ2n) is 3.98. The molecule has 0 atom stereocenters. The normalized spacial score (nSPS) is 17.0.